The maximum atomic E-state index is 14.4. The Balaban J connectivity index is 1.61. The van der Waals surface area contributed by atoms with Crippen molar-refractivity contribution in [2.24, 2.45) is 0 Å². The van der Waals surface area contributed by atoms with Gasteiger partial charge in [0, 0.05) is 24.1 Å². The van der Waals surface area contributed by atoms with Crippen molar-refractivity contribution >= 4 is 17.5 Å². The first kappa shape index (κ1) is 21.2. The van der Waals surface area contributed by atoms with Crippen LogP contribution in [0.2, 0.25) is 5.02 Å². The molecule has 31 heavy (non-hydrogen) atoms. The highest BCUT2D eigenvalue weighted by molar-refractivity contribution is 6.33. The van der Waals surface area contributed by atoms with Gasteiger partial charge in [-0.2, -0.15) is 0 Å². The van der Waals surface area contributed by atoms with Crippen molar-refractivity contribution in [3.8, 4) is 22.8 Å². The van der Waals surface area contributed by atoms with E-state index in [-0.39, 0.29) is 40.3 Å². The molecule has 162 valence electrons. The second-order valence-corrected chi connectivity index (χ2v) is 7.78. The average molecular weight is 445 g/mol. The van der Waals surface area contributed by atoms with Gasteiger partial charge < -0.3 is 19.3 Å². The fraction of sp³-hybridized carbons (Fsp3) is 0.304. The van der Waals surface area contributed by atoms with Gasteiger partial charge in [0.1, 0.15) is 40.4 Å². The van der Waals surface area contributed by atoms with Crippen LogP contribution >= 0.6 is 11.6 Å². The lowest BCUT2D eigenvalue weighted by Gasteiger charge is -2.13. The summed E-state index contributed by atoms with van der Waals surface area (Å²) in [6, 6.07) is 8.12. The SMILES string of the molecule is CCOc1cc2c(cc1CNC(=O)c1c(-c3c(F)cccc3Cl)noc1C)O[C@@H](C)C2. The Kier molecular flexibility index (Phi) is 5.87. The molecule has 1 N–H and O–H groups in total. The Morgan fingerprint density at radius 2 is 2.19 bits per heavy atom. The summed E-state index contributed by atoms with van der Waals surface area (Å²) in [4.78, 5) is 13.0. The van der Waals surface area contributed by atoms with Gasteiger partial charge in [0.15, 0.2) is 0 Å². The van der Waals surface area contributed by atoms with Crippen molar-refractivity contribution in [1.82, 2.24) is 10.5 Å². The molecule has 3 aromatic rings. The fourth-order valence-corrected chi connectivity index (χ4v) is 3.96. The van der Waals surface area contributed by atoms with Crippen molar-refractivity contribution in [3.05, 3.63) is 63.6 Å². The molecule has 0 radical (unpaired) electrons. The van der Waals surface area contributed by atoms with E-state index in [0.717, 1.165) is 23.3 Å². The maximum Gasteiger partial charge on any atom is 0.257 e. The summed E-state index contributed by atoms with van der Waals surface area (Å²) in [6.45, 7) is 6.19. The smallest absolute Gasteiger partial charge is 0.257 e. The molecular formula is C23H22ClFN2O4. The highest BCUT2D eigenvalue weighted by atomic mass is 35.5. The number of hydrogen-bond donors (Lipinski definition) is 1. The summed E-state index contributed by atoms with van der Waals surface area (Å²) >= 11 is 6.16. The monoisotopic (exact) mass is 444 g/mol. The second kappa shape index (κ2) is 8.59. The van der Waals surface area contributed by atoms with E-state index in [1.54, 1.807) is 6.92 Å². The van der Waals surface area contributed by atoms with Gasteiger partial charge in [-0.3, -0.25) is 4.79 Å². The molecule has 0 unspecified atom stereocenters. The molecule has 1 aromatic heterocycles. The first-order valence-corrected chi connectivity index (χ1v) is 10.4. The second-order valence-electron chi connectivity index (χ2n) is 7.37. The molecule has 2 heterocycles. The number of carbonyl (C=O) groups is 1. The summed E-state index contributed by atoms with van der Waals surface area (Å²) < 4.78 is 31.2. The molecule has 1 aliphatic heterocycles. The number of rotatable bonds is 6. The number of ether oxygens (including phenoxy) is 2. The topological polar surface area (TPSA) is 73.6 Å². The van der Waals surface area contributed by atoms with Crippen molar-refractivity contribution < 1.29 is 23.2 Å². The molecule has 0 saturated heterocycles. The third-order valence-electron chi connectivity index (χ3n) is 5.11. The van der Waals surface area contributed by atoms with Crippen molar-refractivity contribution in [1.29, 1.82) is 0 Å². The lowest BCUT2D eigenvalue weighted by atomic mass is 10.0. The zero-order valence-electron chi connectivity index (χ0n) is 17.4. The Morgan fingerprint density at radius 3 is 2.94 bits per heavy atom. The molecule has 4 rings (SSSR count). The van der Waals surface area contributed by atoms with Crippen LogP contribution in [0.15, 0.2) is 34.9 Å². The van der Waals surface area contributed by atoms with E-state index in [4.69, 9.17) is 25.6 Å². The Morgan fingerprint density at radius 1 is 1.39 bits per heavy atom. The summed E-state index contributed by atoms with van der Waals surface area (Å²) in [5, 5.41) is 6.88. The van der Waals surface area contributed by atoms with Gasteiger partial charge in [-0.1, -0.05) is 22.8 Å². The maximum absolute atomic E-state index is 14.4. The zero-order valence-corrected chi connectivity index (χ0v) is 18.2. The van der Waals surface area contributed by atoms with E-state index in [1.807, 2.05) is 26.0 Å². The van der Waals surface area contributed by atoms with Crippen LogP contribution in [-0.2, 0) is 13.0 Å². The van der Waals surface area contributed by atoms with Crippen LogP contribution in [0.4, 0.5) is 4.39 Å². The minimum atomic E-state index is -0.585. The molecule has 1 atom stereocenters. The van der Waals surface area contributed by atoms with Crippen molar-refractivity contribution in [2.45, 2.75) is 39.8 Å². The van der Waals surface area contributed by atoms with E-state index >= 15 is 0 Å². The van der Waals surface area contributed by atoms with Gasteiger partial charge >= 0.3 is 0 Å². The predicted octanol–water partition coefficient (Wildman–Crippen LogP) is 5.09. The molecule has 0 aliphatic carbocycles. The van der Waals surface area contributed by atoms with Gasteiger partial charge in [0.2, 0.25) is 0 Å². The predicted molar refractivity (Wildman–Crippen MR) is 114 cm³/mol. The molecule has 1 aliphatic rings. The average Bonchev–Trinajstić information content (AvgIpc) is 3.27. The largest absolute Gasteiger partial charge is 0.494 e. The number of nitrogens with one attached hydrogen (secondary N) is 1. The number of carbonyl (C=O) groups excluding carboxylic acids is 1. The van der Waals surface area contributed by atoms with Gasteiger partial charge in [-0.15, -0.1) is 0 Å². The van der Waals surface area contributed by atoms with E-state index in [9.17, 15) is 9.18 Å². The quantitative estimate of drug-likeness (QED) is 0.573. The lowest BCUT2D eigenvalue weighted by Crippen LogP contribution is -2.24. The van der Waals surface area contributed by atoms with Gasteiger partial charge in [-0.25, -0.2) is 4.39 Å². The number of fused-ring (bicyclic) bond motifs is 1. The molecule has 2 aromatic carbocycles. The van der Waals surface area contributed by atoms with E-state index in [2.05, 4.69) is 10.5 Å². The number of halogens is 2. The normalized spacial score (nSPS) is 14.8. The van der Waals surface area contributed by atoms with E-state index in [0.29, 0.717) is 12.4 Å². The van der Waals surface area contributed by atoms with Crippen LogP contribution in [-0.4, -0.2) is 23.8 Å². The summed E-state index contributed by atoms with van der Waals surface area (Å²) in [5.41, 5.74) is 2.09. The third-order valence-corrected chi connectivity index (χ3v) is 5.42. The first-order chi connectivity index (χ1) is 14.9. The highest BCUT2D eigenvalue weighted by Gasteiger charge is 2.26. The van der Waals surface area contributed by atoms with Crippen LogP contribution in [0.1, 0.15) is 41.1 Å². The highest BCUT2D eigenvalue weighted by Crippen LogP contribution is 2.36. The summed E-state index contributed by atoms with van der Waals surface area (Å²) in [5.74, 6) is 0.713. The van der Waals surface area contributed by atoms with Crippen LogP contribution in [0.25, 0.3) is 11.3 Å². The van der Waals surface area contributed by atoms with Crippen LogP contribution in [0.3, 0.4) is 0 Å². The van der Waals surface area contributed by atoms with Crippen molar-refractivity contribution in [3.63, 3.8) is 0 Å². The Hall–Kier alpha value is -3.06. The number of aromatic nitrogens is 1. The number of aryl methyl sites for hydroxylation is 1. The number of benzene rings is 2. The number of nitrogens with zero attached hydrogens (tertiary/aromatic N) is 1. The zero-order chi connectivity index (χ0) is 22.1. The standard InChI is InChI=1S/C23H22ClFN2O4/c1-4-29-18-9-14-8-12(2)30-19(14)10-15(18)11-26-23(28)20-13(3)31-27-22(20)21-16(24)6-5-7-17(21)25/h5-7,9-10,12H,4,8,11H2,1-3H3,(H,26,28)/t12-/m0/s1. The minimum absolute atomic E-state index is 0.0288. The first-order valence-electron chi connectivity index (χ1n) is 10.0. The molecule has 0 fully saturated rings. The summed E-state index contributed by atoms with van der Waals surface area (Å²) in [6.07, 6.45) is 0.913. The molecule has 1 amide bonds. The van der Waals surface area contributed by atoms with Crippen LogP contribution in [0.5, 0.6) is 11.5 Å². The van der Waals surface area contributed by atoms with Crippen LogP contribution < -0.4 is 14.8 Å². The Bertz CT molecular complexity index is 1120. The number of hydrogen-bond acceptors (Lipinski definition) is 5. The molecule has 8 heteroatoms. The van der Waals surface area contributed by atoms with E-state index < -0.39 is 11.7 Å². The fourth-order valence-electron chi connectivity index (χ4n) is 3.71. The van der Waals surface area contributed by atoms with Gasteiger partial charge in [0.25, 0.3) is 5.91 Å². The van der Waals surface area contributed by atoms with E-state index in [1.165, 1.54) is 18.2 Å². The lowest BCUT2D eigenvalue weighted by molar-refractivity contribution is 0.0949. The van der Waals surface area contributed by atoms with Crippen molar-refractivity contribution in [2.75, 3.05) is 6.61 Å². The summed E-state index contributed by atoms with van der Waals surface area (Å²) in [7, 11) is 0. The minimum Gasteiger partial charge on any atom is -0.494 e. The van der Waals surface area contributed by atoms with Gasteiger partial charge in [-0.05, 0) is 45.0 Å². The molecular weight excluding hydrogens is 423 g/mol. The third kappa shape index (κ3) is 4.10. The number of amides is 1. The van der Waals surface area contributed by atoms with Crippen LogP contribution in [0, 0.1) is 12.7 Å². The van der Waals surface area contributed by atoms with Gasteiger partial charge in [0.05, 0.1) is 17.2 Å². The molecule has 0 bridgehead atoms. The molecule has 0 spiro atoms. The molecule has 6 nitrogen and oxygen atoms in total. The Labute approximate surface area is 184 Å². The molecule has 0 saturated carbocycles.